The number of benzene rings is 2. The molecular formula is C17H13ClN4O4S2. The Morgan fingerprint density at radius 1 is 1.25 bits per heavy atom. The Kier molecular flexibility index (Phi) is 5.73. The molecular weight excluding hydrogens is 424 g/mol. The van der Waals surface area contributed by atoms with E-state index in [2.05, 4.69) is 15.5 Å². The predicted molar refractivity (Wildman–Crippen MR) is 108 cm³/mol. The SMILES string of the molecule is Cc1ccc(S(=O)(=O)c2nc(NN=Cc3cccc([N+](=O)[O-])c3)sc2Cl)cc1. The van der Waals surface area contributed by atoms with Crippen molar-refractivity contribution in [3.05, 3.63) is 74.1 Å². The lowest BCUT2D eigenvalue weighted by molar-refractivity contribution is -0.384. The van der Waals surface area contributed by atoms with E-state index in [1.165, 1.54) is 36.5 Å². The molecule has 0 fully saturated rings. The number of hydrazone groups is 1. The van der Waals surface area contributed by atoms with Crippen molar-refractivity contribution in [3.8, 4) is 0 Å². The number of halogens is 1. The molecule has 2 aromatic carbocycles. The van der Waals surface area contributed by atoms with Crippen molar-refractivity contribution in [1.82, 2.24) is 4.98 Å². The topological polar surface area (TPSA) is 115 Å². The molecule has 0 unspecified atom stereocenters. The van der Waals surface area contributed by atoms with Gasteiger partial charge in [0.15, 0.2) is 5.03 Å². The highest BCUT2D eigenvalue weighted by Crippen LogP contribution is 2.34. The molecule has 0 saturated heterocycles. The third-order valence-corrected chi connectivity index (χ3v) is 6.70. The number of thiazole rings is 1. The monoisotopic (exact) mass is 436 g/mol. The van der Waals surface area contributed by atoms with Crippen LogP contribution in [-0.4, -0.2) is 24.5 Å². The van der Waals surface area contributed by atoms with Crippen LogP contribution in [0, 0.1) is 17.0 Å². The maximum Gasteiger partial charge on any atom is 0.270 e. The van der Waals surface area contributed by atoms with Gasteiger partial charge in [-0.25, -0.2) is 13.4 Å². The van der Waals surface area contributed by atoms with Crippen molar-refractivity contribution in [2.24, 2.45) is 5.10 Å². The van der Waals surface area contributed by atoms with Gasteiger partial charge in [-0.2, -0.15) is 5.10 Å². The minimum Gasteiger partial charge on any atom is -0.258 e. The minimum atomic E-state index is -3.86. The summed E-state index contributed by atoms with van der Waals surface area (Å²) in [5.74, 6) is 0. The van der Waals surface area contributed by atoms with Crippen LogP contribution >= 0.6 is 22.9 Å². The second-order valence-corrected chi connectivity index (χ2v) is 9.10. The first-order valence-corrected chi connectivity index (χ1v) is 10.5. The molecule has 11 heteroatoms. The second-order valence-electron chi connectivity index (χ2n) is 5.64. The quantitative estimate of drug-likeness (QED) is 0.350. The Balaban J connectivity index is 1.80. The Bertz CT molecular complexity index is 1160. The van der Waals surface area contributed by atoms with Crippen molar-refractivity contribution in [3.63, 3.8) is 0 Å². The zero-order valence-corrected chi connectivity index (χ0v) is 16.8. The second kappa shape index (κ2) is 8.05. The molecule has 0 radical (unpaired) electrons. The van der Waals surface area contributed by atoms with Gasteiger partial charge in [-0.3, -0.25) is 15.5 Å². The van der Waals surface area contributed by atoms with E-state index in [4.69, 9.17) is 11.6 Å². The summed E-state index contributed by atoms with van der Waals surface area (Å²) in [7, 11) is -3.86. The summed E-state index contributed by atoms with van der Waals surface area (Å²) in [4.78, 5) is 14.4. The molecule has 0 aliphatic carbocycles. The lowest BCUT2D eigenvalue weighted by atomic mass is 10.2. The normalized spacial score (nSPS) is 11.6. The number of nitro groups is 1. The molecule has 0 aliphatic rings. The van der Waals surface area contributed by atoms with Gasteiger partial charge in [0, 0.05) is 17.7 Å². The van der Waals surface area contributed by atoms with E-state index in [1.54, 1.807) is 18.2 Å². The summed E-state index contributed by atoms with van der Waals surface area (Å²) in [5, 5.41) is 14.6. The summed E-state index contributed by atoms with van der Waals surface area (Å²) in [5.41, 5.74) is 3.96. The Labute approximate surface area is 169 Å². The number of anilines is 1. The fourth-order valence-corrected chi connectivity index (χ4v) is 4.97. The minimum absolute atomic E-state index is 0.00799. The summed E-state index contributed by atoms with van der Waals surface area (Å²) in [6.07, 6.45) is 1.36. The highest BCUT2D eigenvalue weighted by Gasteiger charge is 2.25. The van der Waals surface area contributed by atoms with Crippen molar-refractivity contribution in [1.29, 1.82) is 0 Å². The predicted octanol–water partition coefficient (Wildman–Crippen LogP) is 4.29. The molecule has 1 N–H and O–H groups in total. The largest absolute Gasteiger partial charge is 0.270 e. The summed E-state index contributed by atoms with van der Waals surface area (Å²) in [6.45, 7) is 1.85. The van der Waals surface area contributed by atoms with Gasteiger partial charge < -0.3 is 0 Å². The molecule has 0 atom stereocenters. The first-order chi connectivity index (χ1) is 13.3. The highest BCUT2D eigenvalue weighted by atomic mass is 35.5. The van der Waals surface area contributed by atoms with E-state index >= 15 is 0 Å². The number of nitrogens with one attached hydrogen (secondary N) is 1. The number of non-ortho nitro benzene ring substituents is 1. The van der Waals surface area contributed by atoms with E-state index in [-0.39, 0.29) is 25.1 Å². The fourth-order valence-electron chi connectivity index (χ4n) is 2.21. The molecule has 28 heavy (non-hydrogen) atoms. The van der Waals surface area contributed by atoms with Crippen LogP contribution in [0.5, 0.6) is 0 Å². The number of hydrogen-bond acceptors (Lipinski definition) is 8. The zero-order chi connectivity index (χ0) is 20.3. The number of aromatic nitrogens is 1. The number of sulfone groups is 1. The summed E-state index contributed by atoms with van der Waals surface area (Å²) < 4.78 is 25.4. The molecule has 0 amide bonds. The molecule has 0 bridgehead atoms. The van der Waals surface area contributed by atoms with Gasteiger partial charge in [-0.1, -0.05) is 52.8 Å². The third-order valence-electron chi connectivity index (χ3n) is 3.60. The number of nitro benzene ring substituents is 1. The van der Waals surface area contributed by atoms with Crippen molar-refractivity contribution in [2.45, 2.75) is 16.8 Å². The zero-order valence-electron chi connectivity index (χ0n) is 14.4. The van der Waals surface area contributed by atoms with Crippen LogP contribution < -0.4 is 5.43 Å². The lowest BCUT2D eigenvalue weighted by Crippen LogP contribution is -2.03. The van der Waals surface area contributed by atoms with Crippen molar-refractivity contribution in [2.75, 3.05) is 5.43 Å². The van der Waals surface area contributed by atoms with Gasteiger partial charge in [0.05, 0.1) is 16.0 Å². The fraction of sp³-hybridized carbons (Fsp3) is 0.0588. The summed E-state index contributed by atoms with van der Waals surface area (Å²) >= 11 is 7.00. The van der Waals surface area contributed by atoms with E-state index in [9.17, 15) is 18.5 Å². The Morgan fingerprint density at radius 2 is 1.96 bits per heavy atom. The lowest BCUT2D eigenvalue weighted by Gasteiger charge is -2.02. The van der Waals surface area contributed by atoms with Crippen LogP contribution in [0.3, 0.4) is 0 Å². The number of nitrogens with zero attached hydrogens (tertiary/aromatic N) is 3. The van der Waals surface area contributed by atoms with Crippen LogP contribution in [0.25, 0.3) is 0 Å². The molecule has 0 saturated carbocycles. The molecule has 8 nitrogen and oxygen atoms in total. The number of aryl methyl sites for hydroxylation is 1. The molecule has 1 heterocycles. The van der Waals surface area contributed by atoms with Crippen LogP contribution in [0.1, 0.15) is 11.1 Å². The van der Waals surface area contributed by atoms with Crippen LogP contribution in [0.2, 0.25) is 4.34 Å². The maximum atomic E-state index is 12.7. The standard InChI is InChI=1S/C17H13ClN4O4S2/c1-11-5-7-14(8-6-11)28(25,26)16-15(18)27-17(20-16)21-19-10-12-3-2-4-13(9-12)22(23)24/h2-10H,1H3,(H,20,21). The maximum absolute atomic E-state index is 12.7. The van der Waals surface area contributed by atoms with Gasteiger partial charge in [0.2, 0.25) is 15.0 Å². The number of rotatable bonds is 6. The van der Waals surface area contributed by atoms with Crippen LogP contribution in [-0.2, 0) is 9.84 Å². The van der Waals surface area contributed by atoms with Gasteiger partial charge in [-0.05, 0) is 19.1 Å². The molecule has 1 aromatic heterocycles. The number of hydrogen-bond donors (Lipinski definition) is 1. The molecule has 0 spiro atoms. The molecule has 3 aromatic rings. The van der Waals surface area contributed by atoms with Gasteiger partial charge in [-0.15, -0.1) is 0 Å². The van der Waals surface area contributed by atoms with Crippen LogP contribution in [0.4, 0.5) is 10.8 Å². The third kappa shape index (κ3) is 4.35. The van der Waals surface area contributed by atoms with E-state index < -0.39 is 14.8 Å². The van der Waals surface area contributed by atoms with E-state index in [0.717, 1.165) is 16.9 Å². The first kappa shape index (κ1) is 19.9. The van der Waals surface area contributed by atoms with Gasteiger partial charge >= 0.3 is 0 Å². The molecule has 3 rings (SSSR count). The highest BCUT2D eigenvalue weighted by molar-refractivity contribution is 7.91. The molecule has 0 aliphatic heterocycles. The first-order valence-electron chi connectivity index (χ1n) is 7.79. The van der Waals surface area contributed by atoms with E-state index in [0.29, 0.717) is 5.56 Å². The van der Waals surface area contributed by atoms with Crippen molar-refractivity contribution >= 4 is 49.8 Å². The smallest absolute Gasteiger partial charge is 0.258 e. The summed E-state index contributed by atoms with van der Waals surface area (Å²) in [6, 6.07) is 12.3. The molecule has 144 valence electrons. The Morgan fingerprint density at radius 3 is 2.64 bits per heavy atom. The van der Waals surface area contributed by atoms with Gasteiger partial charge in [0.25, 0.3) is 5.69 Å². The van der Waals surface area contributed by atoms with E-state index in [1.807, 2.05) is 6.92 Å². The average molecular weight is 437 g/mol. The van der Waals surface area contributed by atoms with Gasteiger partial charge in [0.1, 0.15) is 4.34 Å². The van der Waals surface area contributed by atoms with Crippen molar-refractivity contribution < 1.29 is 13.3 Å². The average Bonchev–Trinajstić information content (AvgIpc) is 3.04. The Hall–Kier alpha value is -2.82. The van der Waals surface area contributed by atoms with Crippen LogP contribution in [0.15, 0.2) is 63.6 Å².